The van der Waals surface area contributed by atoms with Crippen LogP contribution in [0.1, 0.15) is 0 Å². The Morgan fingerprint density at radius 3 is 2.86 bits per heavy atom. The topological polar surface area (TPSA) is 123 Å². The minimum absolute atomic E-state index is 0.0662. The SMILES string of the molecule is NC(=O)NC1=CN(N)C(NC=O)=CO1. The standard InChI is InChI=1S/C6H9N5O3/c7-6(13)10-5-1-11(8)4(2-14-5)9-3-12/h1-3H,8H2,(H,9,12)(H3,7,10,13). The lowest BCUT2D eigenvalue weighted by atomic mass is 10.6. The number of carbonyl (C=O) groups is 2. The molecule has 76 valence electrons. The third-order valence-electron chi connectivity index (χ3n) is 1.29. The monoisotopic (exact) mass is 199 g/mol. The molecular weight excluding hydrogens is 190 g/mol. The van der Waals surface area contributed by atoms with E-state index in [1.807, 2.05) is 0 Å². The quantitative estimate of drug-likeness (QED) is 0.315. The lowest BCUT2D eigenvalue weighted by molar-refractivity contribution is -0.109. The van der Waals surface area contributed by atoms with Crippen LogP contribution in [0.15, 0.2) is 24.2 Å². The van der Waals surface area contributed by atoms with Crippen LogP contribution >= 0.6 is 0 Å². The molecule has 0 saturated heterocycles. The molecule has 0 saturated carbocycles. The Morgan fingerprint density at radius 1 is 1.64 bits per heavy atom. The minimum Gasteiger partial charge on any atom is -0.443 e. The van der Waals surface area contributed by atoms with Crippen molar-refractivity contribution in [1.29, 1.82) is 0 Å². The van der Waals surface area contributed by atoms with Gasteiger partial charge >= 0.3 is 6.03 Å². The highest BCUT2D eigenvalue weighted by atomic mass is 16.5. The number of nitrogens with two attached hydrogens (primary N) is 2. The summed E-state index contributed by atoms with van der Waals surface area (Å²) >= 11 is 0. The summed E-state index contributed by atoms with van der Waals surface area (Å²) in [6, 6.07) is -0.773. The van der Waals surface area contributed by atoms with Gasteiger partial charge in [-0.3, -0.25) is 15.1 Å². The van der Waals surface area contributed by atoms with Crippen LogP contribution in [0.25, 0.3) is 0 Å². The average molecular weight is 199 g/mol. The molecule has 1 heterocycles. The van der Waals surface area contributed by atoms with E-state index in [-0.39, 0.29) is 11.7 Å². The van der Waals surface area contributed by atoms with Crippen LogP contribution in [0.4, 0.5) is 4.79 Å². The number of hydrogen-bond acceptors (Lipinski definition) is 5. The Morgan fingerprint density at radius 2 is 2.36 bits per heavy atom. The van der Waals surface area contributed by atoms with Crippen LogP contribution in [-0.4, -0.2) is 17.5 Å². The summed E-state index contributed by atoms with van der Waals surface area (Å²) in [5.41, 5.74) is 4.84. The van der Waals surface area contributed by atoms with Crippen molar-refractivity contribution < 1.29 is 14.3 Å². The van der Waals surface area contributed by atoms with Gasteiger partial charge in [-0.05, 0) is 0 Å². The molecule has 0 aromatic heterocycles. The van der Waals surface area contributed by atoms with Gasteiger partial charge in [0.1, 0.15) is 6.26 Å². The van der Waals surface area contributed by atoms with Gasteiger partial charge in [0.25, 0.3) is 0 Å². The summed E-state index contributed by atoms with van der Waals surface area (Å²) in [6.07, 6.45) is 2.84. The number of nitrogens with one attached hydrogen (secondary N) is 2. The maximum absolute atomic E-state index is 10.4. The van der Waals surface area contributed by atoms with E-state index in [2.05, 4.69) is 10.6 Å². The third kappa shape index (κ3) is 2.38. The van der Waals surface area contributed by atoms with Crippen molar-refractivity contribution in [2.24, 2.45) is 11.6 Å². The molecule has 0 aromatic carbocycles. The molecule has 0 radical (unpaired) electrons. The van der Waals surface area contributed by atoms with E-state index in [9.17, 15) is 9.59 Å². The van der Waals surface area contributed by atoms with Crippen LogP contribution < -0.4 is 22.2 Å². The summed E-state index contributed by atoms with van der Waals surface area (Å²) in [5.74, 6) is 5.72. The maximum Gasteiger partial charge on any atom is 0.319 e. The van der Waals surface area contributed by atoms with Gasteiger partial charge in [0.05, 0.1) is 6.20 Å². The average Bonchev–Trinajstić information content (AvgIpc) is 2.09. The Balaban J connectivity index is 2.60. The largest absolute Gasteiger partial charge is 0.443 e. The molecule has 8 heteroatoms. The van der Waals surface area contributed by atoms with Gasteiger partial charge in [0.2, 0.25) is 12.3 Å². The Labute approximate surface area is 79.1 Å². The maximum atomic E-state index is 10.4. The Kier molecular flexibility index (Phi) is 2.92. The first kappa shape index (κ1) is 9.86. The van der Waals surface area contributed by atoms with Crippen LogP contribution in [0.3, 0.4) is 0 Å². The summed E-state index contributed by atoms with van der Waals surface area (Å²) in [7, 11) is 0. The van der Waals surface area contributed by atoms with E-state index in [0.717, 1.165) is 11.3 Å². The zero-order chi connectivity index (χ0) is 10.6. The summed E-state index contributed by atoms with van der Waals surface area (Å²) < 4.78 is 4.87. The predicted molar refractivity (Wildman–Crippen MR) is 45.2 cm³/mol. The second-order valence-corrected chi connectivity index (χ2v) is 2.27. The number of rotatable bonds is 3. The molecule has 14 heavy (non-hydrogen) atoms. The fourth-order valence-corrected chi connectivity index (χ4v) is 0.759. The Hall–Kier alpha value is -2.22. The minimum atomic E-state index is -0.773. The molecule has 0 bridgehead atoms. The number of amides is 3. The van der Waals surface area contributed by atoms with Gasteiger partial charge in [0, 0.05) is 0 Å². The van der Waals surface area contributed by atoms with Crippen LogP contribution in [0, 0.1) is 0 Å². The molecule has 3 amide bonds. The second-order valence-electron chi connectivity index (χ2n) is 2.27. The summed E-state index contributed by atoms with van der Waals surface area (Å²) in [6.45, 7) is 0. The normalized spacial score (nSPS) is 14.8. The number of carbonyl (C=O) groups excluding carboxylic acids is 2. The first-order valence-corrected chi connectivity index (χ1v) is 3.52. The molecule has 0 spiro atoms. The van der Waals surface area contributed by atoms with Crippen molar-refractivity contribution in [1.82, 2.24) is 15.6 Å². The zero-order valence-electron chi connectivity index (χ0n) is 7.06. The number of ether oxygens (including phenoxy) is 1. The first-order valence-electron chi connectivity index (χ1n) is 3.52. The van der Waals surface area contributed by atoms with Gasteiger partial charge in [-0.15, -0.1) is 0 Å². The van der Waals surface area contributed by atoms with Gasteiger partial charge in [-0.25, -0.2) is 10.6 Å². The van der Waals surface area contributed by atoms with Gasteiger partial charge < -0.3 is 15.8 Å². The lowest BCUT2D eigenvalue weighted by Crippen LogP contribution is -2.38. The van der Waals surface area contributed by atoms with Crippen LogP contribution in [0.2, 0.25) is 0 Å². The molecule has 0 unspecified atom stereocenters. The molecular formula is C6H9N5O3. The predicted octanol–water partition coefficient (Wildman–Crippen LogP) is -1.80. The number of hydrazine groups is 1. The highest BCUT2D eigenvalue weighted by molar-refractivity contribution is 5.73. The molecule has 0 aromatic rings. The molecule has 0 fully saturated rings. The van der Waals surface area contributed by atoms with E-state index < -0.39 is 6.03 Å². The van der Waals surface area contributed by atoms with E-state index in [4.69, 9.17) is 16.3 Å². The van der Waals surface area contributed by atoms with E-state index in [1.165, 1.54) is 6.20 Å². The fraction of sp³-hybridized carbons (Fsp3) is 0. The molecule has 1 aliphatic rings. The summed E-state index contributed by atoms with van der Waals surface area (Å²) in [4.78, 5) is 20.5. The third-order valence-corrected chi connectivity index (χ3v) is 1.29. The van der Waals surface area contributed by atoms with Crippen molar-refractivity contribution in [3.63, 3.8) is 0 Å². The second kappa shape index (κ2) is 4.14. The lowest BCUT2D eigenvalue weighted by Gasteiger charge is -2.22. The number of hydrogen-bond donors (Lipinski definition) is 4. The summed E-state index contributed by atoms with van der Waals surface area (Å²) in [5, 5.41) is 5.50. The van der Waals surface area contributed by atoms with Crippen molar-refractivity contribution in [3.05, 3.63) is 24.2 Å². The van der Waals surface area contributed by atoms with E-state index in [1.54, 1.807) is 0 Å². The fourth-order valence-electron chi connectivity index (χ4n) is 0.759. The highest BCUT2D eigenvalue weighted by Crippen LogP contribution is 2.07. The smallest absolute Gasteiger partial charge is 0.319 e. The Bertz CT molecular complexity index is 311. The molecule has 6 N–H and O–H groups in total. The van der Waals surface area contributed by atoms with Gasteiger partial charge in [-0.2, -0.15) is 0 Å². The molecule has 1 rings (SSSR count). The number of urea groups is 1. The van der Waals surface area contributed by atoms with Gasteiger partial charge in [-0.1, -0.05) is 0 Å². The van der Waals surface area contributed by atoms with E-state index >= 15 is 0 Å². The zero-order valence-corrected chi connectivity index (χ0v) is 7.06. The van der Waals surface area contributed by atoms with Crippen LogP contribution in [-0.2, 0) is 9.53 Å². The van der Waals surface area contributed by atoms with E-state index in [0.29, 0.717) is 6.41 Å². The molecule has 0 aliphatic carbocycles. The highest BCUT2D eigenvalue weighted by Gasteiger charge is 2.12. The molecule has 0 atom stereocenters. The van der Waals surface area contributed by atoms with Crippen molar-refractivity contribution in [3.8, 4) is 0 Å². The van der Waals surface area contributed by atoms with Crippen molar-refractivity contribution in [2.45, 2.75) is 0 Å². The van der Waals surface area contributed by atoms with Crippen molar-refractivity contribution >= 4 is 12.4 Å². The van der Waals surface area contributed by atoms with Crippen molar-refractivity contribution in [2.75, 3.05) is 0 Å². The number of nitrogens with zero attached hydrogens (tertiary/aromatic N) is 1. The first-order chi connectivity index (χ1) is 6.63. The van der Waals surface area contributed by atoms with Crippen LogP contribution in [0.5, 0.6) is 0 Å². The molecule has 1 aliphatic heterocycles. The molecule has 8 nitrogen and oxygen atoms in total. The number of primary amides is 1. The van der Waals surface area contributed by atoms with Gasteiger partial charge in [0.15, 0.2) is 5.82 Å².